The number of nitrogens with two attached hydrogens (primary N) is 1. The summed E-state index contributed by atoms with van der Waals surface area (Å²) in [6.45, 7) is 2.10. The van der Waals surface area contributed by atoms with E-state index in [-0.39, 0.29) is 6.04 Å². The zero-order chi connectivity index (χ0) is 11.7. The van der Waals surface area contributed by atoms with Crippen molar-refractivity contribution in [1.82, 2.24) is 0 Å². The number of thiophene rings is 1. The van der Waals surface area contributed by atoms with Crippen LogP contribution in [0.15, 0.2) is 30.3 Å². The summed E-state index contributed by atoms with van der Waals surface area (Å²) >= 11 is 9.81. The molecule has 0 amide bonds. The molecule has 1 atom stereocenters. The molecule has 1 aromatic heterocycles. The fourth-order valence-electron chi connectivity index (χ4n) is 1.56. The summed E-state index contributed by atoms with van der Waals surface area (Å²) in [5.41, 5.74) is 8.67. The first-order valence-electron chi connectivity index (χ1n) is 4.85. The van der Waals surface area contributed by atoms with Crippen molar-refractivity contribution < 1.29 is 0 Å². The van der Waals surface area contributed by atoms with Crippen LogP contribution in [0, 0.1) is 10.5 Å². The molecule has 84 valence electrons. The van der Waals surface area contributed by atoms with Gasteiger partial charge >= 0.3 is 0 Å². The largest absolute Gasteiger partial charge is 0.320 e. The van der Waals surface area contributed by atoms with Gasteiger partial charge in [-0.05, 0) is 52.8 Å². The predicted molar refractivity (Wildman–Crippen MR) is 79.3 cm³/mol. The summed E-state index contributed by atoms with van der Waals surface area (Å²) in [5, 5.41) is 0. The van der Waals surface area contributed by atoms with Gasteiger partial charge in [-0.15, -0.1) is 11.3 Å². The van der Waals surface area contributed by atoms with E-state index in [4.69, 9.17) is 17.3 Å². The van der Waals surface area contributed by atoms with Crippen LogP contribution in [-0.4, -0.2) is 0 Å². The summed E-state index contributed by atoms with van der Waals surface area (Å²) in [4.78, 5) is 1.11. The van der Waals surface area contributed by atoms with Crippen LogP contribution in [0.25, 0.3) is 0 Å². The Hall–Kier alpha value is -0.100. The van der Waals surface area contributed by atoms with E-state index in [1.54, 1.807) is 11.3 Å². The number of rotatable bonds is 2. The lowest BCUT2D eigenvalue weighted by Crippen LogP contribution is -2.12. The quantitative estimate of drug-likeness (QED) is 0.788. The van der Waals surface area contributed by atoms with Gasteiger partial charge in [0.05, 0.1) is 10.4 Å². The van der Waals surface area contributed by atoms with Gasteiger partial charge in [0, 0.05) is 8.45 Å². The van der Waals surface area contributed by atoms with Crippen LogP contribution in [0.3, 0.4) is 0 Å². The van der Waals surface area contributed by atoms with E-state index in [0.29, 0.717) is 0 Å². The highest BCUT2D eigenvalue weighted by molar-refractivity contribution is 14.1. The lowest BCUT2D eigenvalue weighted by atomic mass is 10.0. The molecule has 0 fully saturated rings. The molecule has 2 aromatic rings. The lowest BCUT2D eigenvalue weighted by molar-refractivity contribution is 0.884. The first-order valence-corrected chi connectivity index (χ1v) is 7.12. The third-order valence-electron chi connectivity index (χ3n) is 2.46. The molecule has 16 heavy (non-hydrogen) atoms. The molecule has 0 aliphatic carbocycles. The molecule has 2 N–H and O–H groups in total. The molecule has 1 aromatic carbocycles. The van der Waals surface area contributed by atoms with Crippen molar-refractivity contribution in [3.8, 4) is 0 Å². The predicted octanol–water partition coefficient (Wildman–Crippen LogP) is 4.36. The Kier molecular flexibility index (Phi) is 3.89. The second kappa shape index (κ2) is 5.04. The molecule has 2 rings (SSSR count). The zero-order valence-electron chi connectivity index (χ0n) is 8.71. The van der Waals surface area contributed by atoms with E-state index in [2.05, 4.69) is 41.6 Å². The van der Waals surface area contributed by atoms with Crippen molar-refractivity contribution in [3.05, 3.63) is 54.2 Å². The van der Waals surface area contributed by atoms with Crippen LogP contribution in [0.2, 0.25) is 4.34 Å². The second-order valence-corrected chi connectivity index (χ2v) is 6.42. The van der Waals surface area contributed by atoms with Crippen molar-refractivity contribution in [2.45, 2.75) is 13.0 Å². The minimum absolute atomic E-state index is 0.0794. The molecule has 0 spiro atoms. The Morgan fingerprint density at radius 1 is 1.31 bits per heavy atom. The first-order chi connectivity index (χ1) is 7.59. The smallest absolute Gasteiger partial charge is 0.0931 e. The van der Waals surface area contributed by atoms with Crippen LogP contribution < -0.4 is 5.73 Å². The fraction of sp³-hybridized carbons (Fsp3) is 0.167. The maximum atomic E-state index is 6.25. The Bertz CT molecular complexity index is 509. The molecular formula is C12H11ClINS. The van der Waals surface area contributed by atoms with Crippen LogP contribution in [-0.2, 0) is 0 Å². The van der Waals surface area contributed by atoms with E-state index in [0.717, 1.165) is 9.21 Å². The van der Waals surface area contributed by atoms with Gasteiger partial charge in [-0.2, -0.15) is 0 Å². The molecule has 0 radical (unpaired) electrons. The Balaban J connectivity index is 2.41. The molecule has 0 saturated heterocycles. The first kappa shape index (κ1) is 12.4. The van der Waals surface area contributed by atoms with Gasteiger partial charge in [0.25, 0.3) is 0 Å². The summed E-state index contributed by atoms with van der Waals surface area (Å²) in [5.74, 6) is 0. The van der Waals surface area contributed by atoms with Gasteiger partial charge in [-0.1, -0.05) is 29.8 Å². The number of hydrogen-bond acceptors (Lipinski definition) is 2. The van der Waals surface area contributed by atoms with Crippen LogP contribution in [0.4, 0.5) is 0 Å². The molecule has 0 bridgehead atoms. The topological polar surface area (TPSA) is 26.0 Å². The Morgan fingerprint density at radius 2 is 2.06 bits per heavy atom. The average molecular weight is 364 g/mol. The van der Waals surface area contributed by atoms with E-state index in [1.165, 1.54) is 14.7 Å². The average Bonchev–Trinajstić information content (AvgIpc) is 2.68. The molecule has 4 heteroatoms. The standard InChI is InChI=1S/C12H11ClINS/c1-7-3-2-4-8(11(7)14)12(15)9-5-6-10(13)16-9/h2-6,12H,15H2,1H3. The van der Waals surface area contributed by atoms with Crippen molar-refractivity contribution in [2.75, 3.05) is 0 Å². The van der Waals surface area contributed by atoms with Crippen molar-refractivity contribution in [3.63, 3.8) is 0 Å². The molecule has 1 unspecified atom stereocenters. The highest BCUT2D eigenvalue weighted by Gasteiger charge is 2.14. The Morgan fingerprint density at radius 3 is 2.69 bits per heavy atom. The number of halogens is 2. The van der Waals surface area contributed by atoms with Crippen LogP contribution in [0.1, 0.15) is 22.0 Å². The molecule has 0 aliphatic rings. The maximum absolute atomic E-state index is 6.25. The SMILES string of the molecule is Cc1cccc(C(N)c2ccc(Cl)s2)c1I. The van der Waals surface area contributed by atoms with E-state index < -0.39 is 0 Å². The summed E-state index contributed by atoms with van der Waals surface area (Å²) < 4.78 is 2.02. The maximum Gasteiger partial charge on any atom is 0.0931 e. The van der Waals surface area contributed by atoms with Gasteiger partial charge < -0.3 is 5.73 Å². The summed E-state index contributed by atoms with van der Waals surface area (Å²) in [6, 6.07) is 10.0. The molecule has 1 heterocycles. The van der Waals surface area contributed by atoms with Gasteiger partial charge in [0.1, 0.15) is 0 Å². The van der Waals surface area contributed by atoms with Crippen LogP contribution >= 0.6 is 45.5 Å². The lowest BCUT2D eigenvalue weighted by Gasteiger charge is -2.13. The van der Waals surface area contributed by atoms with Gasteiger partial charge in [0.2, 0.25) is 0 Å². The number of benzene rings is 1. The normalized spacial score (nSPS) is 12.8. The molecule has 0 aliphatic heterocycles. The van der Waals surface area contributed by atoms with E-state index >= 15 is 0 Å². The molecule has 0 saturated carbocycles. The number of aryl methyl sites for hydroxylation is 1. The Labute approximate surface area is 118 Å². The van der Waals surface area contributed by atoms with Gasteiger partial charge in [0.15, 0.2) is 0 Å². The molecule has 1 nitrogen and oxygen atoms in total. The highest BCUT2D eigenvalue weighted by atomic mass is 127. The van der Waals surface area contributed by atoms with Crippen molar-refractivity contribution in [2.24, 2.45) is 5.73 Å². The van der Waals surface area contributed by atoms with E-state index in [1.807, 2.05) is 18.2 Å². The third kappa shape index (κ3) is 2.42. The highest BCUT2D eigenvalue weighted by Crippen LogP contribution is 2.32. The minimum Gasteiger partial charge on any atom is -0.320 e. The third-order valence-corrected chi connectivity index (χ3v) is 5.25. The van der Waals surface area contributed by atoms with Crippen LogP contribution in [0.5, 0.6) is 0 Å². The summed E-state index contributed by atoms with van der Waals surface area (Å²) in [6.07, 6.45) is 0. The minimum atomic E-state index is -0.0794. The number of hydrogen-bond donors (Lipinski definition) is 1. The zero-order valence-corrected chi connectivity index (χ0v) is 12.4. The summed E-state index contributed by atoms with van der Waals surface area (Å²) in [7, 11) is 0. The fourth-order valence-corrected chi connectivity index (χ4v) is 3.34. The van der Waals surface area contributed by atoms with Crippen molar-refractivity contribution >= 4 is 45.5 Å². The molecular weight excluding hydrogens is 353 g/mol. The van der Waals surface area contributed by atoms with E-state index in [9.17, 15) is 0 Å². The second-order valence-electron chi connectivity index (χ2n) is 3.60. The van der Waals surface area contributed by atoms with Gasteiger partial charge in [-0.3, -0.25) is 0 Å². The monoisotopic (exact) mass is 363 g/mol. The van der Waals surface area contributed by atoms with Gasteiger partial charge in [-0.25, -0.2) is 0 Å². The van der Waals surface area contributed by atoms with Crippen molar-refractivity contribution in [1.29, 1.82) is 0 Å².